The first-order valence-corrected chi connectivity index (χ1v) is 7.71. The van der Waals surface area contributed by atoms with Gasteiger partial charge in [0.05, 0.1) is 6.04 Å². The summed E-state index contributed by atoms with van der Waals surface area (Å²) in [5, 5.41) is 13.9. The van der Waals surface area contributed by atoms with Crippen LogP contribution in [0.1, 0.15) is 42.9 Å². The van der Waals surface area contributed by atoms with Crippen molar-refractivity contribution < 1.29 is 0 Å². The summed E-state index contributed by atoms with van der Waals surface area (Å²) >= 11 is 1.53. The summed E-state index contributed by atoms with van der Waals surface area (Å²) in [5.74, 6) is 0. The van der Waals surface area contributed by atoms with E-state index in [1.807, 2.05) is 17.8 Å². The number of hydrogen-bond acceptors (Lipinski definition) is 6. The third kappa shape index (κ3) is 2.69. The molecular formula is C13H18N6S. The van der Waals surface area contributed by atoms with E-state index in [1.165, 1.54) is 24.6 Å². The standard InChI is InChI=1S/C13H18N6S/c1-9-6-10(7-14)8-15-12(9)20-13-16-17-18-19(13)11-4-2-3-5-11/h6,8,11H,2-5,7,14H2,1H3. The fourth-order valence-electron chi connectivity index (χ4n) is 2.56. The number of pyridine rings is 1. The highest BCUT2D eigenvalue weighted by atomic mass is 32.2. The maximum Gasteiger partial charge on any atom is 0.215 e. The molecule has 0 bridgehead atoms. The van der Waals surface area contributed by atoms with E-state index in [2.05, 4.69) is 26.6 Å². The SMILES string of the molecule is Cc1cc(CN)cnc1Sc1nnnn1C1CCCC1. The Morgan fingerprint density at radius 3 is 2.90 bits per heavy atom. The molecule has 0 radical (unpaired) electrons. The molecule has 0 amide bonds. The Labute approximate surface area is 122 Å². The quantitative estimate of drug-likeness (QED) is 0.928. The van der Waals surface area contributed by atoms with Crippen molar-refractivity contribution in [2.45, 2.75) is 55.4 Å². The molecule has 0 unspecified atom stereocenters. The van der Waals surface area contributed by atoms with Gasteiger partial charge in [-0.2, -0.15) is 0 Å². The highest BCUT2D eigenvalue weighted by Crippen LogP contribution is 2.34. The van der Waals surface area contributed by atoms with E-state index in [1.54, 1.807) is 0 Å². The van der Waals surface area contributed by atoms with Crippen molar-refractivity contribution in [1.29, 1.82) is 0 Å². The second-order valence-electron chi connectivity index (χ2n) is 5.12. The summed E-state index contributed by atoms with van der Waals surface area (Å²) in [6.07, 6.45) is 6.67. The summed E-state index contributed by atoms with van der Waals surface area (Å²) in [6.45, 7) is 2.55. The van der Waals surface area contributed by atoms with Crippen molar-refractivity contribution in [3.8, 4) is 0 Å². The van der Waals surface area contributed by atoms with E-state index in [9.17, 15) is 0 Å². The Kier molecular flexibility index (Phi) is 3.98. The van der Waals surface area contributed by atoms with E-state index in [-0.39, 0.29) is 0 Å². The maximum absolute atomic E-state index is 5.63. The second-order valence-corrected chi connectivity index (χ2v) is 6.07. The zero-order valence-corrected chi connectivity index (χ0v) is 12.3. The number of hydrogen-bond donors (Lipinski definition) is 1. The smallest absolute Gasteiger partial charge is 0.215 e. The van der Waals surface area contributed by atoms with Crippen molar-refractivity contribution in [2.24, 2.45) is 5.73 Å². The van der Waals surface area contributed by atoms with E-state index in [0.29, 0.717) is 12.6 Å². The van der Waals surface area contributed by atoms with Gasteiger partial charge in [0, 0.05) is 12.7 Å². The van der Waals surface area contributed by atoms with Gasteiger partial charge in [-0.1, -0.05) is 18.9 Å². The number of aromatic nitrogens is 5. The van der Waals surface area contributed by atoms with Crippen molar-refractivity contribution in [1.82, 2.24) is 25.2 Å². The number of nitrogens with zero attached hydrogens (tertiary/aromatic N) is 5. The average Bonchev–Trinajstić information content (AvgIpc) is 3.11. The molecule has 106 valence electrons. The lowest BCUT2D eigenvalue weighted by molar-refractivity contribution is 0.423. The topological polar surface area (TPSA) is 82.5 Å². The number of tetrazole rings is 1. The molecule has 1 aliphatic rings. The van der Waals surface area contributed by atoms with E-state index in [0.717, 1.165) is 34.2 Å². The lowest BCUT2D eigenvalue weighted by Crippen LogP contribution is -2.08. The summed E-state index contributed by atoms with van der Waals surface area (Å²) in [7, 11) is 0. The van der Waals surface area contributed by atoms with Gasteiger partial charge in [-0.15, -0.1) is 5.10 Å². The molecule has 1 saturated carbocycles. The van der Waals surface area contributed by atoms with Gasteiger partial charge in [-0.3, -0.25) is 0 Å². The molecular weight excluding hydrogens is 272 g/mol. The van der Waals surface area contributed by atoms with Crippen molar-refractivity contribution >= 4 is 11.8 Å². The first kappa shape index (κ1) is 13.5. The minimum Gasteiger partial charge on any atom is -0.326 e. The van der Waals surface area contributed by atoms with Crippen molar-refractivity contribution in [3.05, 3.63) is 23.4 Å². The molecule has 0 aliphatic heterocycles. The molecule has 1 fully saturated rings. The summed E-state index contributed by atoms with van der Waals surface area (Å²) < 4.78 is 1.95. The van der Waals surface area contributed by atoms with Gasteiger partial charge in [-0.25, -0.2) is 9.67 Å². The zero-order chi connectivity index (χ0) is 13.9. The summed E-state index contributed by atoms with van der Waals surface area (Å²) in [5.41, 5.74) is 7.78. The lowest BCUT2D eigenvalue weighted by atomic mass is 10.2. The molecule has 2 aromatic heterocycles. The van der Waals surface area contributed by atoms with Crippen molar-refractivity contribution in [2.75, 3.05) is 0 Å². The summed E-state index contributed by atoms with van der Waals surface area (Å²) in [6, 6.07) is 2.51. The van der Waals surface area contributed by atoms with Crippen LogP contribution in [-0.4, -0.2) is 25.2 Å². The van der Waals surface area contributed by atoms with Crippen LogP contribution in [0, 0.1) is 6.92 Å². The number of rotatable bonds is 4. The van der Waals surface area contributed by atoms with Gasteiger partial charge in [0.2, 0.25) is 5.16 Å². The molecule has 2 N–H and O–H groups in total. The predicted octanol–water partition coefficient (Wildman–Crippen LogP) is 2.10. The predicted molar refractivity (Wildman–Crippen MR) is 76.3 cm³/mol. The maximum atomic E-state index is 5.63. The largest absolute Gasteiger partial charge is 0.326 e. The Hall–Kier alpha value is -1.47. The molecule has 1 aliphatic carbocycles. The molecule has 3 rings (SSSR count). The lowest BCUT2D eigenvalue weighted by Gasteiger charge is -2.11. The second kappa shape index (κ2) is 5.88. The Morgan fingerprint density at radius 1 is 1.40 bits per heavy atom. The monoisotopic (exact) mass is 290 g/mol. The highest BCUT2D eigenvalue weighted by molar-refractivity contribution is 7.99. The van der Waals surface area contributed by atoms with Gasteiger partial charge >= 0.3 is 0 Å². The van der Waals surface area contributed by atoms with E-state index >= 15 is 0 Å². The van der Waals surface area contributed by atoms with Crippen LogP contribution in [0.4, 0.5) is 0 Å². The fraction of sp³-hybridized carbons (Fsp3) is 0.538. The van der Waals surface area contributed by atoms with Crippen LogP contribution in [0.2, 0.25) is 0 Å². The number of nitrogens with two attached hydrogens (primary N) is 1. The van der Waals surface area contributed by atoms with Gasteiger partial charge < -0.3 is 5.73 Å². The molecule has 0 atom stereocenters. The van der Waals surface area contributed by atoms with Crippen LogP contribution >= 0.6 is 11.8 Å². The Balaban J connectivity index is 1.83. The van der Waals surface area contributed by atoms with E-state index in [4.69, 9.17) is 5.73 Å². The van der Waals surface area contributed by atoms with Crippen molar-refractivity contribution in [3.63, 3.8) is 0 Å². The molecule has 0 saturated heterocycles. The van der Waals surface area contributed by atoms with Gasteiger partial charge in [0.15, 0.2) is 0 Å². The van der Waals surface area contributed by atoms with Crippen LogP contribution in [0.3, 0.4) is 0 Å². The Bertz CT molecular complexity index is 590. The molecule has 0 spiro atoms. The minimum absolute atomic E-state index is 0.441. The van der Waals surface area contributed by atoms with Crippen LogP contribution in [0.25, 0.3) is 0 Å². The fourth-order valence-corrected chi connectivity index (χ4v) is 3.41. The molecule has 6 nitrogen and oxygen atoms in total. The normalized spacial score (nSPS) is 15.9. The number of aryl methyl sites for hydroxylation is 1. The van der Waals surface area contributed by atoms with Crippen LogP contribution in [-0.2, 0) is 6.54 Å². The van der Waals surface area contributed by atoms with E-state index < -0.39 is 0 Å². The third-order valence-corrected chi connectivity index (χ3v) is 4.72. The zero-order valence-electron chi connectivity index (χ0n) is 11.5. The first-order valence-electron chi connectivity index (χ1n) is 6.89. The molecule has 2 aromatic rings. The van der Waals surface area contributed by atoms with Gasteiger partial charge in [-0.05, 0) is 53.1 Å². The molecule has 7 heteroatoms. The van der Waals surface area contributed by atoms with Crippen LogP contribution < -0.4 is 5.73 Å². The van der Waals surface area contributed by atoms with Crippen LogP contribution in [0.5, 0.6) is 0 Å². The highest BCUT2D eigenvalue weighted by Gasteiger charge is 2.22. The van der Waals surface area contributed by atoms with Crippen LogP contribution in [0.15, 0.2) is 22.4 Å². The van der Waals surface area contributed by atoms with Gasteiger partial charge in [0.1, 0.15) is 5.03 Å². The molecule has 20 heavy (non-hydrogen) atoms. The average molecular weight is 290 g/mol. The molecule has 0 aromatic carbocycles. The summed E-state index contributed by atoms with van der Waals surface area (Å²) in [4.78, 5) is 4.47. The third-order valence-electron chi connectivity index (χ3n) is 3.64. The Morgan fingerprint density at radius 2 is 2.20 bits per heavy atom. The molecule has 2 heterocycles. The minimum atomic E-state index is 0.441. The van der Waals surface area contributed by atoms with Gasteiger partial charge in [0.25, 0.3) is 0 Å². The first-order chi connectivity index (χ1) is 9.78.